The second kappa shape index (κ2) is 5.66. The number of hydrogen-bond acceptors (Lipinski definition) is 3. The van der Waals surface area contributed by atoms with Gasteiger partial charge in [-0.1, -0.05) is 15.9 Å². The van der Waals surface area contributed by atoms with Crippen LogP contribution in [0.2, 0.25) is 0 Å². The molecule has 0 unspecified atom stereocenters. The average molecular weight is 286 g/mol. The Balaban J connectivity index is 2.03. The quantitative estimate of drug-likeness (QED) is 0.841. The molecular formula is C12H16BrNO2. The van der Waals surface area contributed by atoms with Gasteiger partial charge in [0.15, 0.2) is 0 Å². The minimum Gasteiger partial charge on any atom is -0.493 e. The van der Waals surface area contributed by atoms with Crippen molar-refractivity contribution in [1.82, 2.24) is 0 Å². The highest BCUT2D eigenvalue weighted by Crippen LogP contribution is 2.33. The number of nitrogens with two attached hydrogens (primary N) is 1. The monoisotopic (exact) mass is 285 g/mol. The van der Waals surface area contributed by atoms with E-state index in [0.717, 1.165) is 29.7 Å². The third kappa shape index (κ3) is 2.75. The number of hydrogen-bond donors (Lipinski definition) is 1. The topological polar surface area (TPSA) is 44.5 Å². The van der Waals surface area contributed by atoms with Gasteiger partial charge in [-0.25, -0.2) is 0 Å². The van der Waals surface area contributed by atoms with Gasteiger partial charge in [0.25, 0.3) is 0 Å². The summed E-state index contributed by atoms with van der Waals surface area (Å²) in [6.45, 7) is 2.69. The van der Waals surface area contributed by atoms with Gasteiger partial charge < -0.3 is 15.2 Å². The van der Waals surface area contributed by atoms with Crippen LogP contribution in [-0.4, -0.2) is 26.4 Å². The normalized spacial score (nSPS) is 13.6. The van der Waals surface area contributed by atoms with Crippen molar-refractivity contribution < 1.29 is 9.47 Å². The van der Waals surface area contributed by atoms with Crippen LogP contribution in [0.4, 0.5) is 0 Å². The molecule has 1 aliphatic rings. The molecule has 0 atom stereocenters. The molecule has 1 heterocycles. The van der Waals surface area contributed by atoms with Crippen molar-refractivity contribution in [3.05, 3.63) is 27.7 Å². The smallest absolute Gasteiger partial charge is 0.125 e. The van der Waals surface area contributed by atoms with E-state index in [0.29, 0.717) is 19.8 Å². The van der Waals surface area contributed by atoms with Gasteiger partial charge in [-0.05, 0) is 29.7 Å². The Morgan fingerprint density at radius 3 is 3.06 bits per heavy atom. The molecule has 3 nitrogen and oxygen atoms in total. The van der Waals surface area contributed by atoms with E-state index in [2.05, 4.69) is 28.1 Å². The molecule has 0 spiro atoms. The summed E-state index contributed by atoms with van der Waals surface area (Å²) in [6.07, 6.45) is 1.88. The first-order chi connectivity index (χ1) is 7.81. The molecule has 0 bridgehead atoms. The van der Waals surface area contributed by atoms with Crippen molar-refractivity contribution in [2.24, 2.45) is 5.73 Å². The second-order valence-corrected chi connectivity index (χ2v) is 4.72. The fourth-order valence-electron chi connectivity index (χ4n) is 1.90. The first kappa shape index (κ1) is 11.9. The Hall–Kier alpha value is -0.580. The van der Waals surface area contributed by atoms with E-state index in [9.17, 15) is 0 Å². The molecule has 16 heavy (non-hydrogen) atoms. The second-order valence-electron chi connectivity index (χ2n) is 3.80. The highest BCUT2D eigenvalue weighted by molar-refractivity contribution is 9.10. The molecule has 2 rings (SSSR count). The van der Waals surface area contributed by atoms with Gasteiger partial charge in [0, 0.05) is 17.4 Å². The van der Waals surface area contributed by atoms with E-state index in [1.807, 2.05) is 0 Å². The van der Waals surface area contributed by atoms with Crippen LogP contribution in [0, 0.1) is 0 Å². The lowest BCUT2D eigenvalue weighted by Crippen LogP contribution is -2.10. The highest BCUT2D eigenvalue weighted by Gasteiger charge is 2.16. The Kier molecular flexibility index (Phi) is 4.21. The molecule has 4 heteroatoms. The lowest BCUT2D eigenvalue weighted by Gasteiger charge is -2.09. The van der Waals surface area contributed by atoms with E-state index in [1.54, 1.807) is 0 Å². The van der Waals surface area contributed by atoms with Gasteiger partial charge in [0.1, 0.15) is 5.75 Å². The lowest BCUT2D eigenvalue weighted by molar-refractivity contribution is 0.144. The third-order valence-corrected chi connectivity index (χ3v) is 3.06. The van der Waals surface area contributed by atoms with Crippen molar-refractivity contribution >= 4 is 15.9 Å². The van der Waals surface area contributed by atoms with Gasteiger partial charge in [0.05, 0.1) is 19.8 Å². The zero-order chi connectivity index (χ0) is 11.4. The predicted octanol–water partition coefficient (Wildman–Crippen LogP) is 1.90. The summed E-state index contributed by atoms with van der Waals surface area (Å²) in [4.78, 5) is 0. The molecule has 1 aromatic carbocycles. The number of rotatable bonds is 5. The van der Waals surface area contributed by atoms with Gasteiger partial charge >= 0.3 is 0 Å². The molecule has 0 aliphatic carbocycles. The zero-order valence-corrected chi connectivity index (χ0v) is 10.8. The summed E-state index contributed by atoms with van der Waals surface area (Å²) in [5.74, 6) is 1.06. The van der Waals surface area contributed by atoms with Gasteiger partial charge in [-0.15, -0.1) is 0 Å². The number of benzene rings is 1. The molecule has 0 fully saturated rings. The Bertz CT molecular complexity index is 368. The van der Waals surface area contributed by atoms with Crippen LogP contribution in [0.15, 0.2) is 16.6 Å². The Labute approximate surface area is 104 Å². The van der Waals surface area contributed by atoms with E-state index >= 15 is 0 Å². The molecule has 88 valence electrons. The van der Waals surface area contributed by atoms with Gasteiger partial charge in [-0.2, -0.15) is 0 Å². The van der Waals surface area contributed by atoms with E-state index < -0.39 is 0 Å². The van der Waals surface area contributed by atoms with Crippen molar-refractivity contribution in [3.63, 3.8) is 0 Å². The van der Waals surface area contributed by atoms with E-state index in [1.165, 1.54) is 11.1 Å². The third-order valence-electron chi connectivity index (χ3n) is 2.60. The van der Waals surface area contributed by atoms with Crippen LogP contribution in [0.3, 0.4) is 0 Å². The Morgan fingerprint density at radius 2 is 2.25 bits per heavy atom. The van der Waals surface area contributed by atoms with Crippen molar-refractivity contribution in [3.8, 4) is 5.75 Å². The first-order valence-electron chi connectivity index (χ1n) is 5.53. The lowest BCUT2D eigenvalue weighted by atomic mass is 10.1. The first-order valence-corrected chi connectivity index (χ1v) is 6.32. The van der Waals surface area contributed by atoms with Crippen LogP contribution >= 0.6 is 15.9 Å². The van der Waals surface area contributed by atoms with Crippen LogP contribution in [0.25, 0.3) is 0 Å². The molecular weight excluding hydrogens is 270 g/mol. The molecule has 2 N–H and O–H groups in total. The average Bonchev–Trinajstić information content (AvgIpc) is 2.72. The summed E-state index contributed by atoms with van der Waals surface area (Å²) in [6, 6.07) is 4.24. The molecule has 1 aliphatic heterocycles. The standard InChI is InChI=1S/C12H16BrNO2/c13-11-7-9(1-4-15-6-3-14)12-10(8-11)2-5-16-12/h7-8H,1-6,14H2. The van der Waals surface area contributed by atoms with E-state index in [4.69, 9.17) is 15.2 Å². The molecule has 0 saturated heterocycles. The maximum absolute atomic E-state index is 5.64. The van der Waals surface area contributed by atoms with Crippen molar-refractivity contribution in [2.75, 3.05) is 26.4 Å². The predicted molar refractivity (Wildman–Crippen MR) is 66.9 cm³/mol. The maximum Gasteiger partial charge on any atom is 0.125 e. The molecule has 0 saturated carbocycles. The van der Waals surface area contributed by atoms with Crippen LogP contribution in [-0.2, 0) is 17.6 Å². The van der Waals surface area contributed by atoms with Crippen LogP contribution < -0.4 is 10.5 Å². The minimum absolute atomic E-state index is 0.576. The highest BCUT2D eigenvalue weighted by atomic mass is 79.9. The minimum atomic E-state index is 0.576. The number of ether oxygens (including phenoxy) is 2. The summed E-state index contributed by atoms with van der Waals surface area (Å²) < 4.78 is 12.1. The zero-order valence-electron chi connectivity index (χ0n) is 9.17. The molecule has 0 aromatic heterocycles. The summed E-state index contributed by atoms with van der Waals surface area (Å²) in [5, 5.41) is 0. The van der Waals surface area contributed by atoms with Crippen molar-refractivity contribution in [1.29, 1.82) is 0 Å². The molecule has 0 radical (unpaired) electrons. The van der Waals surface area contributed by atoms with Crippen molar-refractivity contribution in [2.45, 2.75) is 12.8 Å². The number of fused-ring (bicyclic) bond motifs is 1. The fourth-order valence-corrected chi connectivity index (χ4v) is 2.45. The largest absolute Gasteiger partial charge is 0.493 e. The molecule has 0 amide bonds. The van der Waals surface area contributed by atoms with Crippen LogP contribution in [0.5, 0.6) is 5.75 Å². The van der Waals surface area contributed by atoms with E-state index in [-0.39, 0.29) is 0 Å². The summed E-state index contributed by atoms with van der Waals surface area (Å²) in [5.41, 5.74) is 7.88. The SMILES string of the molecule is NCCOCCc1cc(Br)cc2c1OCC2. The summed E-state index contributed by atoms with van der Waals surface area (Å²) in [7, 11) is 0. The summed E-state index contributed by atoms with van der Waals surface area (Å²) >= 11 is 3.52. The fraction of sp³-hybridized carbons (Fsp3) is 0.500. The van der Waals surface area contributed by atoms with Crippen LogP contribution in [0.1, 0.15) is 11.1 Å². The maximum atomic E-state index is 5.64. The van der Waals surface area contributed by atoms with Gasteiger partial charge in [0.2, 0.25) is 0 Å². The van der Waals surface area contributed by atoms with Gasteiger partial charge in [-0.3, -0.25) is 0 Å². The number of halogens is 1. The Morgan fingerprint density at radius 1 is 1.38 bits per heavy atom. The molecule has 1 aromatic rings.